The van der Waals surface area contributed by atoms with Crippen molar-refractivity contribution < 1.29 is 4.42 Å². The van der Waals surface area contributed by atoms with Gasteiger partial charge in [-0.05, 0) is 46.5 Å². The van der Waals surface area contributed by atoms with E-state index >= 15 is 0 Å². The molecule has 88 valence electrons. The minimum Gasteiger partial charge on any atom is -0.464 e. The zero-order chi connectivity index (χ0) is 11.9. The average Bonchev–Trinajstić information content (AvgIpc) is 3.05. The van der Waals surface area contributed by atoms with E-state index in [1.165, 1.54) is 22.3 Å². The highest BCUT2D eigenvalue weighted by atomic mass is 16.3. The molecule has 18 heavy (non-hydrogen) atoms. The van der Waals surface area contributed by atoms with E-state index in [1.54, 1.807) is 6.26 Å². The van der Waals surface area contributed by atoms with E-state index in [0.717, 1.165) is 24.1 Å². The molecule has 0 unspecified atom stereocenters. The molecule has 1 aromatic heterocycles. The van der Waals surface area contributed by atoms with Crippen LogP contribution in [0.2, 0.25) is 0 Å². The summed E-state index contributed by atoms with van der Waals surface area (Å²) < 4.78 is 5.37. The lowest BCUT2D eigenvalue weighted by Crippen LogP contribution is -1.99. The molecule has 4 rings (SSSR count). The standard InChI is InChI=1S/C16H13NO/c1-2-14-9-17-10-15(14)8-11(1)12-3-4-16-13(7-12)5-6-18-16/h1-8,17H,9-10H2. The summed E-state index contributed by atoms with van der Waals surface area (Å²) in [6, 6.07) is 15.1. The van der Waals surface area contributed by atoms with Gasteiger partial charge in [0.05, 0.1) is 6.26 Å². The second kappa shape index (κ2) is 3.72. The molecular weight excluding hydrogens is 222 g/mol. The summed E-state index contributed by atoms with van der Waals surface area (Å²) in [5.41, 5.74) is 6.31. The molecule has 0 spiro atoms. The first-order valence-electron chi connectivity index (χ1n) is 6.20. The maximum Gasteiger partial charge on any atom is 0.133 e. The minimum atomic E-state index is 0.946. The van der Waals surface area contributed by atoms with Crippen molar-refractivity contribution in [3.63, 3.8) is 0 Å². The Bertz CT molecular complexity index is 727. The van der Waals surface area contributed by atoms with Crippen molar-refractivity contribution in [1.82, 2.24) is 5.32 Å². The molecule has 1 N–H and O–H groups in total. The summed E-state index contributed by atoms with van der Waals surface area (Å²) in [5.74, 6) is 0. The van der Waals surface area contributed by atoms with Crippen LogP contribution in [0, 0.1) is 0 Å². The number of hydrogen-bond acceptors (Lipinski definition) is 2. The van der Waals surface area contributed by atoms with E-state index in [-0.39, 0.29) is 0 Å². The van der Waals surface area contributed by atoms with E-state index in [2.05, 4.69) is 35.6 Å². The molecule has 0 fully saturated rings. The summed E-state index contributed by atoms with van der Waals surface area (Å²) in [6.07, 6.45) is 1.74. The van der Waals surface area contributed by atoms with Gasteiger partial charge in [-0.1, -0.05) is 18.2 Å². The van der Waals surface area contributed by atoms with Crippen LogP contribution in [0.15, 0.2) is 53.1 Å². The van der Waals surface area contributed by atoms with Gasteiger partial charge < -0.3 is 9.73 Å². The van der Waals surface area contributed by atoms with Crippen LogP contribution in [0.3, 0.4) is 0 Å². The SMILES string of the molecule is c1cc2cc(-c3ccc4c(c3)CNC4)ccc2o1. The van der Waals surface area contributed by atoms with Crippen molar-refractivity contribution >= 4 is 11.0 Å². The van der Waals surface area contributed by atoms with E-state index in [0.29, 0.717) is 0 Å². The van der Waals surface area contributed by atoms with Gasteiger partial charge in [-0.15, -0.1) is 0 Å². The molecule has 1 aliphatic heterocycles. The van der Waals surface area contributed by atoms with Crippen LogP contribution in [0.25, 0.3) is 22.1 Å². The molecule has 2 heteroatoms. The van der Waals surface area contributed by atoms with Gasteiger partial charge >= 0.3 is 0 Å². The number of furan rings is 1. The normalized spacial score (nSPS) is 14.0. The van der Waals surface area contributed by atoms with Crippen LogP contribution in [0.5, 0.6) is 0 Å². The first-order chi connectivity index (χ1) is 8.90. The summed E-state index contributed by atoms with van der Waals surface area (Å²) in [5, 5.41) is 4.54. The van der Waals surface area contributed by atoms with E-state index in [1.807, 2.05) is 12.1 Å². The van der Waals surface area contributed by atoms with Gasteiger partial charge in [0, 0.05) is 18.5 Å². The van der Waals surface area contributed by atoms with Crippen LogP contribution in [0.1, 0.15) is 11.1 Å². The number of nitrogens with one attached hydrogen (secondary N) is 1. The van der Waals surface area contributed by atoms with Gasteiger partial charge in [0.2, 0.25) is 0 Å². The fourth-order valence-corrected chi connectivity index (χ4v) is 2.62. The quantitative estimate of drug-likeness (QED) is 0.695. The van der Waals surface area contributed by atoms with Gasteiger partial charge in [0.1, 0.15) is 5.58 Å². The van der Waals surface area contributed by atoms with Crippen molar-refractivity contribution in [2.45, 2.75) is 13.1 Å². The summed E-state index contributed by atoms with van der Waals surface area (Å²) in [4.78, 5) is 0. The highest BCUT2D eigenvalue weighted by Gasteiger charge is 2.11. The number of hydrogen-bond donors (Lipinski definition) is 1. The molecule has 0 atom stereocenters. The zero-order valence-corrected chi connectivity index (χ0v) is 9.94. The first-order valence-corrected chi connectivity index (χ1v) is 6.20. The lowest BCUT2D eigenvalue weighted by atomic mass is 10.00. The third kappa shape index (κ3) is 1.46. The highest BCUT2D eigenvalue weighted by Crippen LogP contribution is 2.28. The van der Waals surface area contributed by atoms with Crippen LogP contribution in [0.4, 0.5) is 0 Å². The zero-order valence-electron chi connectivity index (χ0n) is 9.94. The Morgan fingerprint density at radius 3 is 2.67 bits per heavy atom. The Hall–Kier alpha value is -2.06. The Morgan fingerprint density at radius 1 is 0.833 bits per heavy atom. The van der Waals surface area contributed by atoms with Crippen LogP contribution < -0.4 is 5.32 Å². The lowest BCUT2D eigenvalue weighted by molar-refractivity contribution is 0.616. The molecule has 3 aromatic rings. The summed E-state index contributed by atoms with van der Waals surface area (Å²) in [7, 11) is 0. The van der Waals surface area contributed by atoms with Gasteiger partial charge in [-0.2, -0.15) is 0 Å². The molecule has 2 nitrogen and oxygen atoms in total. The Balaban J connectivity index is 1.86. The Labute approximate surface area is 105 Å². The predicted molar refractivity (Wildman–Crippen MR) is 72.2 cm³/mol. The largest absolute Gasteiger partial charge is 0.464 e. The average molecular weight is 235 g/mol. The van der Waals surface area contributed by atoms with Crippen molar-refractivity contribution in [3.05, 3.63) is 59.9 Å². The molecule has 1 aliphatic rings. The molecular formula is C16H13NO. The molecule has 0 saturated carbocycles. The molecule has 2 heterocycles. The van der Waals surface area contributed by atoms with Gasteiger partial charge in [0.25, 0.3) is 0 Å². The first kappa shape index (κ1) is 9.92. The smallest absolute Gasteiger partial charge is 0.133 e. The van der Waals surface area contributed by atoms with E-state index < -0.39 is 0 Å². The third-order valence-corrected chi connectivity index (χ3v) is 3.62. The number of rotatable bonds is 1. The topological polar surface area (TPSA) is 25.2 Å². The van der Waals surface area contributed by atoms with Crippen LogP contribution in [-0.4, -0.2) is 0 Å². The predicted octanol–water partition coefficient (Wildman–Crippen LogP) is 3.70. The molecule has 0 amide bonds. The molecule has 2 aromatic carbocycles. The molecule has 0 saturated heterocycles. The van der Waals surface area contributed by atoms with Crippen molar-refractivity contribution in [2.75, 3.05) is 0 Å². The number of benzene rings is 2. The van der Waals surface area contributed by atoms with Crippen LogP contribution in [-0.2, 0) is 13.1 Å². The fourth-order valence-electron chi connectivity index (χ4n) is 2.62. The molecule has 0 aliphatic carbocycles. The summed E-state index contributed by atoms with van der Waals surface area (Å²) >= 11 is 0. The second-order valence-electron chi connectivity index (χ2n) is 4.76. The maximum atomic E-state index is 5.37. The Morgan fingerprint density at radius 2 is 1.67 bits per heavy atom. The highest BCUT2D eigenvalue weighted by molar-refractivity contribution is 5.83. The maximum absolute atomic E-state index is 5.37. The second-order valence-corrected chi connectivity index (χ2v) is 4.76. The Kier molecular flexibility index (Phi) is 2.05. The number of fused-ring (bicyclic) bond motifs is 2. The monoisotopic (exact) mass is 235 g/mol. The third-order valence-electron chi connectivity index (χ3n) is 3.62. The fraction of sp³-hybridized carbons (Fsp3) is 0.125. The van der Waals surface area contributed by atoms with Crippen LogP contribution >= 0.6 is 0 Å². The van der Waals surface area contributed by atoms with E-state index in [4.69, 9.17) is 4.42 Å². The minimum absolute atomic E-state index is 0.946. The van der Waals surface area contributed by atoms with Gasteiger partial charge in [-0.25, -0.2) is 0 Å². The van der Waals surface area contributed by atoms with Gasteiger partial charge in [-0.3, -0.25) is 0 Å². The van der Waals surface area contributed by atoms with Gasteiger partial charge in [0.15, 0.2) is 0 Å². The van der Waals surface area contributed by atoms with Crippen molar-refractivity contribution in [3.8, 4) is 11.1 Å². The van der Waals surface area contributed by atoms with Crippen molar-refractivity contribution in [2.24, 2.45) is 0 Å². The molecule has 0 bridgehead atoms. The van der Waals surface area contributed by atoms with E-state index in [9.17, 15) is 0 Å². The molecule has 0 radical (unpaired) electrons. The van der Waals surface area contributed by atoms with Crippen molar-refractivity contribution in [1.29, 1.82) is 0 Å². The summed E-state index contributed by atoms with van der Waals surface area (Å²) in [6.45, 7) is 1.98. The lowest BCUT2D eigenvalue weighted by Gasteiger charge is -2.04.